The molecule has 0 unspecified atom stereocenters. The van der Waals surface area contributed by atoms with E-state index in [2.05, 4.69) is 16.7 Å². The van der Waals surface area contributed by atoms with Crippen molar-refractivity contribution in [3.63, 3.8) is 0 Å². The molecule has 0 radical (unpaired) electrons. The molecule has 2 N–H and O–H groups in total. The minimum atomic E-state index is 0.0717. The van der Waals surface area contributed by atoms with E-state index in [0.29, 0.717) is 18.1 Å². The van der Waals surface area contributed by atoms with Gasteiger partial charge in [0, 0.05) is 5.69 Å². The topological polar surface area (TPSA) is 57.1 Å². The molecule has 0 saturated heterocycles. The highest BCUT2D eigenvalue weighted by Crippen LogP contribution is 2.16. The lowest BCUT2D eigenvalue weighted by molar-refractivity contribution is 0.285. The van der Waals surface area contributed by atoms with Gasteiger partial charge in [0.1, 0.15) is 12.4 Å². The van der Waals surface area contributed by atoms with E-state index in [-0.39, 0.29) is 6.04 Å². The van der Waals surface area contributed by atoms with Crippen LogP contribution in [0.4, 0.5) is 5.69 Å². The van der Waals surface area contributed by atoms with Crippen LogP contribution in [0.25, 0.3) is 0 Å². The quantitative estimate of drug-likeness (QED) is 0.784. The van der Waals surface area contributed by atoms with Gasteiger partial charge in [-0.25, -0.2) is 0 Å². The Morgan fingerprint density at radius 1 is 1.21 bits per heavy atom. The fourth-order valence-corrected chi connectivity index (χ4v) is 2.48. The minimum Gasteiger partial charge on any atom is -0.491 e. The van der Waals surface area contributed by atoms with Gasteiger partial charge >= 0.3 is 0 Å². The highest BCUT2D eigenvalue weighted by Gasteiger charge is 2.07. The van der Waals surface area contributed by atoms with Crippen LogP contribution < -0.4 is 15.4 Å². The first-order chi connectivity index (χ1) is 11.6. The summed E-state index contributed by atoms with van der Waals surface area (Å²) in [6.45, 7) is 4.56. The van der Waals surface area contributed by atoms with Crippen LogP contribution >= 0.6 is 12.2 Å². The molecule has 0 spiro atoms. The first-order valence-corrected chi connectivity index (χ1v) is 8.21. The molecule has 4 nitrogen and oxygen atoms in total. The molecule has 0 amide bonds. The second-order valence-corrected chi connectivity index (χ2v) is 6.02. The van der Waals surface area contributed by atoms with E-state index in [1.165, 1.54) is 0 Å². The van der Waals surface area contributed by atoms with Crippen LogP contribution in [0.1, 0.15) is 18.1 Å². The monoisotopic (exact) mass is 339 g/mol. The number of para-hydroxylation sites is 1. The van der Waals surface area contributed by atoms with E-state index in [4.69, 9.17) is 22.2 Å². The fourth-order valence-electron chi connectivity index (χ4n) is 2.16. The van der Waals surface area contributed by atoms with Gasteiger partial charge in [0.2, 0.25) is 0 Å². The lowest BCUT2D eigenvalue weighted by atomic mass is 10.1. The fraction of sp³-hybridized carbons (Fsp3) is 0.263. The maximum absolute atomic E-state index is 8.68. The largest absolute Gasteiger partial charge is 0.491 e. The highest BCUT2D eigenvalue weighted by molar-refractivity contribution is 7.80. The van der Waals surface area contributed by atoms with Crippen LogP contribution in [-0.2, 0) is 6.42 Å². The van der Waals surface area contributed by atoms with Gasteiger partial charge in [0.25, 0.3) is 0 Å². The van der Waals surface area contributed by atoms with Crippen LogP contribution in [0.5, 0.6) is 5.75 Å². The van der Waals surface area contributed by atoms with E-state index < -0.39 is 0 Å². The summed E-state index contributed by atoms with van der Waals surface area (Å²) in [6, 6.07) is 17.8. The van der Waals surface area contributed by atoms with Crippen molar-refractivity contribution in [1.29, 1.82) is 5.26 Å². The Morgan fingerprint density at radius 2 is 1.92 bits per heavy atom. The maximum atomic E-state index is 8.68. The van der Waals surface area contributed by atoms with Gasteiger partial charge in [-0.05, 0) is 55.4 Å². The van der Waals surface area contributed by atoms with Gasteiger partial charge in [-0.3, -0.25) is 0 Å². The van der Waals surface area contributed by atoms with Gasteiger partial charge in [-0.15, -0.1) is 0 Å². The number of ether oxygens (including phenoxy) is 1. The van der Waals surface area contributed by atoms with Crippen LogP contribution in [0, 0.1) is 18.3 Å². The molecule has 2 rings (SSSR count). The van der Waals surface area contributed by atoms with Gasteiger partial charge < -0.3 is 15.4 Å². The summed E-state index contributed by atoms with van der Waals surface area (Å²) in [4.78, 5) is 0. The molecule has 0 aromatic heterocycles. The number of benzene rings is 2. The molecule has 124 valence electrons. The van der Waals surface area contributed by atoms with Gasteiger partial charge in [-0.1, -0.05) is 30.3 Å². The first kappa shape index (κ1) is 17.8. The Hall–Kier alpha value is -2.58. The number of hydrogen-bond acceptors (Lipinski definition) is 3. The van der Waals surface area contributed by atoms with Crippen LogP contribution in [0.15, 0.2) is 48.5 Å². The van der Waals surface area contributed by atoms with E-state index in [1.54, 1.807) is 0 Å². The molecule has 0 aliphatic carbocycles. The third-order valence-corrected chi connectivity index (χ3v) is 3.67. The molecule has 0 bridgehead atoms. The summed E-state index contributed by atoms with van der Waals surface area (Å²) >= 11 is 5.32. The number of nitrogens with one attached hydrogen (secondary N) is 2. The predicted octanol–water partition coefficient (Wildman–Crippen LogP) is 3.82. The number of rotatable bonds is 6. The number of aryl methyl sites for hydroxylation is 1. The average molecular weight is 339 g/mol. The summed E-state index contributed by atoms with van der Waals surface area (Å²) in [5.74, 6) is 0.887. The average Bonchev–Trinajstić information content (AvgIpc) is 2.56. The lowest BCUT2D eigenvalue weighted by Crippen LogP contribution is -2.39. The van der Waals surface area contributed by atoms with Crippen molar-refractivity contribution >= 4 is 23.0 Å². The number of thiocarbonyl (C=S) groups is 1. The normalized spacial score (nSPS) is 11.2. The van der Waals surface area contributed by atoms with Crippen molar-refractivity contribution in [2.75, 3.05) is 11.9 Å². The summed E-state index contributed by atoms with van der Waals surface area (Å²) in [7, 11) is 0. The molecule has 0 heterocycles. The molecule has 2 aromatic carbocycles. The van der Waals surface area contributed by atoms with Crippen molar-refractivity contribution in [1.82, 2.24) is 5.32 Å². The summed E-state index contributed by atoms with van der Waals surface area (Å²) in [5, 5.41) is 15.6. The Bertz CT molecular complexity index is 722. The Balaban J connectivity index is 1.79. The van der Waals surface area contributed by atoms with E-state index in [0.717, 1.165) is 22.6 Å². The molecule has 2 aromatic rings. The number of nitriles is 1. The van der Waals surface area contributed by atoms with Gasteiger partial charge in [0.05, 0.1) is 18.5 Å². The van der Waals surface area contributed by atoms with Crippen molar-refractivity contribution in [3.8, 4) is 11.8 Å². The molecule has 0 aliphatic heterocycles. The Kier molecular flexibility index (Phi) is 6.59. The first-order valence-electron chi connectivity index (χ1n) is 7.80. The zero-order valence-electron chi connectivity index (χ0n) is 13.9. The SMILES string of the molecule is Cc1ccccc1OC[C@H](C)NC(=S)Nc1ccc(CC#N)cc1. The molecule has 0 fully saturated rings. The molecule has 0 saturated carbocycles. The van der Waals surface area contributed by atoms with Crippen LogP contribution in [-0.4, -0.2) is 17.8 Å². The molecule has 1 atom stereocenters. The van der Waals surface area contributed by atoms with E-state index in [9.17, 15) is 0 Å². The standard InChI is InChI=1S/C19H21N3OS/c1-14-5-3-4-6-18(14)23-13-15(2)21-19(24)22-17-9-7-16(8-10-17)11-12-20/h3-10,15H,11,13H2,1-2H3,(H2,21,22,24)/t15-/m0/s1. The van der Waals surface area contributed by atoms with E-state index >= 15 is 0 Å². The Morgan fingerprint density at radius 3 is 2.58 bits per heavy atom. The van der Waals surface area contributed by atoms with Crippen molar-refractivity contribution in [2.24, 2.45) is 0 Å². The second-order valence-electron chi connectivity index (χ2n) is 5.61. The number of nitrogens with zero attached hydrogens (tertiary/aromatic N) is 1. The van der Waals surface area contributed by atoms with Crippen LogP contribution in [0.3, 0.4) is 0 Å². The third kappa shape index (κ3) is 5.56. The Labute approximate surface area is 148 Å². The molecule has 0 aliphatic rings. The van der Waals surface area contributed by atoms with Gasteiger partial charge in [0.15, 0.2) is 5.11 Å². The zero-order valence-corrected chi connectivity index (χ0v) is 14.7. The van der Waals surface area contributed by atoms with Crippen molar-refractivity contribution in [2.45, 2.75) is 26.3 Å². The number of hydrogen-bond donors (Lipinski definition) is 2. The van der Waals surface area contributed by atoms with Gasteiger partial charge in [-0.2, -0.15) is 5.26 Å². The zero-order chi connectivity index (χ0) is 17.4. The molecule has 5 heteroatoms. The molecular formula is C19H21N3OS. The smallest absolute Gasteiger partial charge is 0.171 e. The minimum absolute atomic E-state index is 0.0717. The highest BCUT2D eigenvalue weighted by atomic mass is 32.1. The lowest BCUT2D eigenvalue weighted by Gasteiger charge is -2.18. The van der Waals surface area contributed by atoms with E-state index in [1.807, 2.05) is 62.4 Å². The summed E-state index contributed by atoms with van der Waals surface area (Å²) < 4.78 is 5.81. The number of anilines is 1. The summed E-state index contributed by atoms with van der Waals surface area (Å²) in [5.41, 5.74) is 2.99. The van der Waals surface area contributed by atoms with Crippen LogP contribution in [0.2, 0.25) is 0 Å². The molecule has 24 heavy (non-hydrogen) atoms. The van der Waals surface area contributed by atoms with Crippen molar-refractivity contribution in [3.05, 3.63) is 59.7 Å². The summed E-state index contributed by atoms with van der Waals surface area (Å²) in [6.07, 6.45) is 0.413. The maximum Gasteiger partial charge on any atom is 0.171 e. The molecular weight excluding hydrogens is 318 g/mol. The van der Waals surface area contributed by atoms with Crippen molar-refractivity contribution < 1.29 is 4.74 Å². The third-order valence-electron chi connectivity index (χ3n) is 3.45. The second kappa shape index (κ2) is 8.90. The predicted molar refractivity (Wildman–Crippen MR) is 101 cm³/mol.